The summed E-state index contributed by atoms with van der Waals surface area (Å²) < 4.78 is 0. The summed E-state index contributed by atoms with van der Waals surface area (Å²) in [5.74, 6) is 0.596. The lowest BCUT2D eigenvalue weighted by Crippen LogP contribution is -2.41. The Balaban J connectivity index is 0.00000225. The van der Waals surface area contributed by atoms with Gasteiger partial charge in [-0.25, -0.2) is 0 Å². The number of hydrogen-bond acceptors (Lipinski definition) is 2. The fourth-order valence-corrected chi connectivity index (χ4v) is 1.54. The van der Waals surface area contributed by atoms with E-state index in [-0.39, 0.29) is 35.9 Å². The van der Waals surface area contributed by atoms with Crippen molar-refractivity contribution in [1.82, 2.24) is 10.6 Å². The van der Waals surface area contributed by atoms with Crippen molar-refractivity contribution >= 4 is 35.8 Å². The molecule has 1 rings (SSSR count). The Bertz CT molecular complexity index is 245. The van der Waals surface area contributed by atoms with Crippen LogP contribution in [0.4, 0.5) is 0 Å². The Labute approximate surface area is 114 Å². The van der Waals surface area contributed by atoms with Crippen LogP contribution in [0.2, 0.25) is 0 Å². The van der Waals surface area contributed by atoms with Crippen molar-refractivity contribution in [1.29, 1.82) is 0 Å². The monoisotopic (exact) mass is 340 g/mol. The lowest BCUT2D eigenvalue weighted by atomic mass is 10.0. The Morgan fingerprint density at radius 2 is 2.44 bits per heavy atom. The van der Waals surface area contributed by atoms with Gasteiger partial charge in [0.1, 0.15) is 0 Å². The van der Waals surface area contributed by atoms with Gasteiger partial charge in [-0.1, -0.05) is 6.92 Å². The van der Waals surface area contributed by atoms with E-state index in [0.717, 1.165) is 25.8 Å². The molecule has 0 bridgehead atoms. The second-order valence-corrected chi connectivity index (χ2v) is 3.81. The average Bonchev–Trinajstić information content (AvgIpc) is 2.23. The molecule has 6 heteroatoms. The highest BCUT2D eigenvalue weighted by Crippen LogP contribution is 2.07. The van der Waals surface area contributed by atoms with Crippen LogP contribution < -0.4 is 16.4 Å². The third-order valence-electron chi connectivity index (χ3n) is 2.36. The molecule has 1 saturated heterocycles. The minimum atomic E-state index is 0. The summed E-state index contributed by atoms with van der Waals surface area (Å²) in [5.41, 5.74) is 5.64. The van der Waals surface area contributed by atoms with Crippen molar-refractivity contribution in [3.05, 3.63) is 0 Å². The lowest BCUT2D eigenvalue weighted by Gasteiger charge is -2.21. The SMILES string of the molecule is CCCNC(N)=NCC1CCCC(=O)N1.I. The molecule has 1 unspecified atom stereocenters. The van der Waals surface area contributed by atoms with E-state index < -0.39 is 0 Å². The molecule has 1 atom stereocenters. The highest BCUT2D eigenvalue weighted by Gasteiger charge is 2.17. The van der Waals surface area contributed by atoms with Gasteiger partial charge in [-0.05, 0) is 19.3 Å². The van der Waals surface area contributed by atoms with Gasteiger partial charge in [-0.3, -0.25) is 9.79 Å². The molecular formula is C10H21IN4O. The van der Waals surface area contributed by atoms with Crippen LogP contribution in [0.25, 0.3) is 0 Å². The molecule has 0 radical (unpaired) electrons. The number of halogens is 1. The molecule has 0 aromatic carbocycles. The molecule has 16 heavy (non-hydrogen) atoms. The smallest absolute Gasteiger partial charge is 0.220 e. The second kappa shape index (κ2) is 8.60. The summed E-state index contributed by atoms with van der Waals surface area (Å²) in [4.78, 5) is 15.3. The first-order chi connectivity index (χ1) is 7.22. The average molecular weight is 340 g/mol. The first-order valence-corrected chi connectivity index (χ1v) is 5.55. The van der Waals surface area contributed by atoms with Gasteiger partial charge in [0, 0.05) is 19.0 Å². The molecule has 1 amide bonds. The fourth-order valence-electron chi connectivity index (χ4n) is 1.54. The Morgan fingerprint density at radius 3 is 3.06 bits per heavy atom. The van der Waals surface area contributed by atoms with Crippen molar-refractivity contribution in [2.45, 2.75) is 38.6 Å². The maximum absolute atomic E-state index is 11.1. The highest BCUT2D eigenvalue weighted by atomic mass is 127. The molecule has 4 N–H and O–H groups in total. The predicted molar refractivity (Wildman–Crippen MR) is 76.0 cm³/mol. The maximum atomic E-state index is 11.1. The molecule has 5 nitrogen and oxygen atoms in total. The summed E-state index contributed by atoms with van der Waals surface area (Å²) in [5, 5.41) is 5.90. The van der Waals surface area contributed by atoms with E-state index in [1.807, 2.05) is 0 Å². The number of hydrogen-bond donors (Lipinski definition) is 3. The molecule has 1 aliphatic heterocycles. The zero-order valence-electron chi connectivity index (χ0n) is 9.66. The van der Waals surface area contributed by atoms with Crippen LogP contribution in [-0.2, 0) is 4.79 Å². The largest absolute Gasteiger partial charge is 0.370 e. The van der Waals surface area contributed by atoms with Crippen LogP contribution >= 0.6 is 24.0 Å². The van der Waals surface area contributed by atoms with Gasteiger partial charge in [0.15, 0.2) is 5.96 Å². The van der Waals surface area contributed by atoms with E-state index in [0.29, 0.717) is 18.9 Å². The Morgan fingerprint density at radius 1 is 1.69 bits per heavy atom. The normalized spacial score (nSPS) is 20.9. The van der Waals surface area contributed by atoms with Crippen molar-refractivity contribution in [2.75, 3.05) is 13.1 Å². The molecule has 1 heterocycles. The Kier molecular flexibility index (Phi) is 8.32. The lowest BCUT2D eigenvalue weighted by molar-refractivity contribution is -0.123. The molecule has 0 saturated carbocycles. The summed E-state index contributed by atoms with van der Waals surface area (Å²) >= 11 is 0. The molecule has 94 valence electrons. The molecule has 1 aliphatic rings. The number of rotatable bonds is 4. The molecule has 0 aromatic rings. The van der Waals surface area contributed by atoms with Crippen LogP contribution in [-0.4, -0.2) is 31.0 Å². The van der Waals surface area contributed by atoms with Crippen LogP contribution in [0.3, 0.4) is 0 Å². The van der Waals surface area contributed by atoms with Crippen molar-refractivity contribution in [3.8, 4) is 0 Å². The van der Waals surface area contributed by atoms with Gasteiger partial charge in [0.25, 0.3) is 0 Å². The van der Waals surface area contributed by atoms with Crippen LogP contribution in [0.1, 0.15) is 32.6 Å². The maximum Gasteiger partial charge on any atom is 0.220 e. The quantitative estimate of drug-likeness (QED) is 0.398. The third-order valence-corrected chi connectivity index (χ3v) is 2.36. The summed E-state index contributed by atoms with van der Waals surface area (Å²) in [6, 6.07) is 0.160. The topological polar surface area (TPSA) is 79.5 Å². The van der Waals surface area contributed by atoms with Gasteiger partial charge in [-0.2, -0.15) is 0 Å². The van der Waals surface area contributed by atoms with E-state index in [1.165, 1.54) is 0 Å². The number of guanidine groups is 1. The Hall–Kier alpha value is -0.530. The third kappa shape index (κ3) is 6.14. The molecule has 1 fully saturated rings. The summed E-state index contributed by atoms with van der Waals surface area (Å²) in [7, 11) is 0. The zero-order chi connectivity index (χ0) is 11.1. The van der Waals surface area contributed by atoms with E-state index in [1.54, 1.807) is 0 Å². The number of nitrogens with zero attached hydrogens (tertiary/aromatic N) is 1. The predicted octanol–water partition coefficient (Wildman–Crippen LogP) is 0.587. The highest BCUT2D eigenvalue weighted by molar-refractivity contribution is 14.0. The van der Waals surface area contributed by atoms with E-state index in [9.17, 15) is 4.79 Å². The first kappa shape index (κ1) is 15.5. The zero-order valence-corrected chi connectivity index (χ0v) is 12.0. The minimum absolute atomic E-state index is 0. The van der Waals surface area contributed by atoms with Crippen LogP contribution in [0.15, 0.2) is 4.99 Å². The van der Waals surface area contributed by atoms with Gasteiger partial charge in [0.05, 0.1) is 6.54 Å². The van der Waals surface area contributed by atoms with Gasteiger partial charge in [0.2, 0.25) is 5.91 Å². The molecule has 0 spiro atoms. The standard InChI is InChI=1S/C10H20N4O.HI/c1-2-6-12-10(11)13-7-8-4-3-5-9(15)14-8;/h8H,2-7H2,1H3,(H,14,15)(H3,11,12,13);1H. The van der Waals surface area contributed by atoms with Gasteiger partial charge < -0.3 is 16.4 Å². The number of piperidine rings is 1. The van der Waals surface area contributed by atoms with Gasteiger partial charge in [-0.15, -0.1) is 24.0 Å². The van der Waals surface area contributed by atoms with E-state index in [4.69, 9.17) is 5.73 Å². The second-order valence-electron chi connectivity index (χ2n) is 3.81. The molecule has 0 aliphatic carbocycles. The van der Waals surface area contributed by atoms with Crippen LogP contribution in [0.5, 0.6) is 0 Å². The van der Waals surface area contributed by atoms with Crippen molar-refractivity contribution in [2.24, 2.45) is 10.7 Å². The summed E-state index contributed by atoms with van der Waals surface area (Å²) in [6.45, 7) is 3.49. The van der Waals surface area contributed by atoms with Crippen molar-refractivity contribution in [3.63, 3.8) is 0 Å². The molecular weight excluding hydrogens is 319 g/mol. The minimum Gasteiger partial charge on any atom is -0.370 e. The number of carbonyl (C=O) groups excluding carboxylic acids is 1. The number of nitrogens with two attached hydrogens (primary N) is 1. The van der Waals surface area contributed by atoms with Gasteiger partial charge >= 0.3 is 0 Å². The summed E-state index contributed by atoms with van der Waals surface area (Å²) in [6.07, 6.45) is 3.62. The molecule has 0 aromatic heterocycles. The van der Waals surface area contributed by atoms with E-state index in [2.05, 4.69) is 22.5 Å². The van der Waals surface area contributed by atoms with E-state index >= 15 is 0 Å². The number of amides is 1. The van der Waals surface area contributed by atoms with Crippen LogP contribution in [0, 0.1) is 0 Å². The first-order valence-electron chi connectivity index (χ1n) is 5.55. The van der Waals surface area contributed by atoms with Crippen molar-refractivity contribution < 1.29 is 4.79 Å². The fraction of sp³-hybridized carbons (Fsp3) is 0.800. The number of aliphatic imine (C=N–C) groups is 1. The number of nitrogens with one attached hydrogen (secondary N) is 2. The number of carbonyl (C=O) groups is 1.